The Hall–Kier alpha value is -1.55. The summed E-state index contributed by atoms with van der Waals surface area (Å²) in [7, 11) is 0. The van der Waals surface area contributed by atoms with Gasteiger partial charge in [0.1, 0.15) is 0 Å². The third-order valence-electron chi connectivity index (χ3n) is 2.49. The second-order valence-corrected chi connectivity index (χ2v) is 4.42. The molecule has 0 aliphatic heterocycles. The van der Waals surface area contributed by atoms with Crippen LogP contribution in [0.25, 0.3) is 0 Å². The molecule has 0 heterocycles. The van der Waals surface area contributed by atoms with Gasteiger partial charge in [0.05, 0.1) is 12.2 Å². The standard InChI is InChI=1S/C13H19NO3/c1-9(2)6-7-17-8-10-4-3-5-11(14)12(10)13(15)16/h3-5,9H,6-8,14H2,1-2H3,(H,15,16). The number of carbonyl (C=O) groups is 1. The first kappa shape index (κ1) is 13.5. The number of nitrogens with two attached hydrogens (primary N) is 1. The SMILES string of the molecule is CC(C)CCOCc1cccc(N)c1C(=O)O. The van der Waals surface area contributed by atoms with Gasteiger partial charge in [-0.05, 0) is 24.0 Å². The van der Waals surface area contributed by atoms with E-state index in [4.69, 9.17) is 15.6 Å². The van der Waals surface area contributed by atoms with Crippen LogP contribution in [0.4, 0.5) is 5.69 Å². The van der Waals surface area contributed by atoms with E-state index in [0.717, 1.165) is 6.42 Å². The maximum absolute atomic E-state index is 11.0. The quantitative estimate of drug-likeness (QED) is 0.589. The lowest BCUT2D eigenvalue weighted by molar-refractivity contribution is 0.0686. The van der Waals surface area contributed by atoms with E-state index in [1.54, 1.807) is 18.2 Å². The second-order valence-electron chi connectivity index (χ2n) is 4.42. The number of hydrogen-bond donors (Lipinski definition) is 2. The maximum Gasteiger partial charge on any atom is 0.338 e. The summed E-state index contributed by atoms with van der Waals surface area (Å²) in [5, 5.41) is 9.06. The number of benzene rings is 1. The van der Waals surface area contributed by atoms with Crippen LogP contribution in [0.5, 0.6) is 0 Å². The topological polar surface area (TPSA) is 72.5 Å². The highest BCUT2D eigenvalue weighted by Crippen LogP contribution is 2.18. The number of hydrogen-bond acceptors (Lipinski definition) is 3. The normalized spacial score (nSPS) is 10.8. The van der Waals surface area contributed by atoms with Crippen LogP contribution in [0, 0.1) is 5.92 Å². The summed E-state index contributed by atoms with van der Waals surface area (Å²) < 4.78 is 5.46. The highest BCUT2D eigenvalue weighted by atomic mass is 16.5. The van der Waals surface area contributed by atoms with Gasteiger partial charge < -0.3 is 15.6 Å². The lowest BCUT2D eigenvalue weighted by atomic mass is 10.1. The zero-order valence-corrected chi connectivity index (χ0v) is 10.3. The third kappa shape index (κ3) is 4.07. The Morgan fingerprint density at radius 2 is 2.18 bits per heavy atom. The highest BCUT2D eigenvalue weighted by molar-refractivity contribution is 5.95. The molecular formula is C13H19NO3. The van der Waals surface area contributed by atoms with Crippen LogP contribution in [0.3, 0.4) is 0 Å². The van der Waals surface area contributed by atoms with E-state index >= 15 is 0 Å². The molecule has 17 heavy (non-hydrogen) atoms. The summed E-state index contributed by atoms with van der Waals surface area (Å²) in [6, 6.07) is 5.05. The smallest absolute Gasteiger partial charge is 0.338 e. The second kappa shape index (κ2) is 6.25. The molecule has 4 nitrogen and oxygen atoms in total. The zero-order valence-electron chi connectivity index (χ0n) is 10.3. The van der Waals surface area contributed by atoms with E-state index < -0.39 is 5.97 Å². The molecular weight excluding hydrogens is 218 g/mol. The van der Waals surface area contributed by atoms with Crippen molar-refractivity contribution in [1.82, 2.24) is 0 Å². The van der Waals surface area contributed by atoms with Crippen LogP contribution in [0.15, 0.2) is 18.2 Å². The van der Waals surface area contributed by atoms with E-state index in [2.05, 4.69) is 13.8 Å². The van der Waals surface area contributed by atoms with Gasteiger partial charge in [0, 0.05) is 12.3 Å². The fourth-order valence-corrected chi connectivity index (χ4v) is 1.50. The van der Waals surface area contributed by atoms with E-state index in [1.165, 1.54) is 0 Å². The average Bonchev–Trinajstić information content (AvgIpc) is 2.23. The predicted octanol–water partition coefficient (Wildman–Crippen LogP) is 2.53. The molecule has 1 aromatic rings. The molecule has 0 unspecified atom stereocenters. The molecule has 0 aromatic heterocycles. The van der Waals surface area contributed by atoms with Gasteiger partial charge in [0.2, 0.25) is 0 Å². The molecule has 0 aliphatic carbocycles. The Kier molecular flexibility index (Phi) is 4.97. The van der Waals surface area contributed by atoms with Gasteiger partial charge in [0.15, 0.2) is 0 Å². The number of carboxylic acids is 1. The maximum atomic E-state index is 11.0. The van der Waals surface area contributed by atoms with E-state index in [9.17, 15) is 4.79 Å². The first-order valence-corrected chi connectivity index (χ1v) is 5.70. The van der Waals surface area contributed by atoms with Crippen molar-refractivity contribution in [3.05, 3.63) is 29.3 Å². The number of nitrogen functional groups attached to an aromatic ring is 1. The average molecular weight is 237 g/mol. The molecule has 0 saturated heterocycles. The van der Waals surface area contributed by atoms with Crippen molar-refractivity contribution in [1.29, 1.82) is 0 Å². The van der Waals surface area contributed by atoms with Crippen LogP contribution < -0.4 is 5.73 Å². The molecule has 0 saturated carbocycles. The van der Waals surface area contributed by atoms with Crippen molar-refractivity contribution in [2.45, 2.75) is 26.9 Å². The van der Waals surface area contributed by atoms with Gasteiger partial charge in [-0.15, -0.1) is 0 Å². The van der Waals surface area contributed by atoms with Crippen LogP contribution >= 0.6 is 0 Å². The van der Waals surface area contributed by atoms with Gasteiger partial charge in [-0.2, -0.15) is 0 Å². The van der Waals surface area contributed by atoms with Crippen LogP contribution in [-0.2, 0) is 11.3 Å². The molecule has 1 aromatic carbocycles. The molecule has 0 bridgehead atoms. The van der Waals surface area contributed by atoms with Crippen molar-refractivity contribution < 1.29 is 14.6 Å². The largest absolute Gasteiger partial charge is 0.478 e. The van der Waals surface area contributed by atoms with Crippen molar-refractivity contribution in [2.75, 3.05) is 12.3 Å². The first-order valence-electron chi connectivity index (χ1n) is 5.70. The van der Waals surface area contributed by atoms with Gasteiger partial charge in [0.25, 0.3) is 0 Å². The van der Waals surface area contributed by atoms with Crippen LogP contribution in [-0.4, -0.2) is 17.7 Å². The number of ether oxygens (including phenoxy) is 1. The molecule has 94 valence electrons. The summed E-state index contributed by atoms with van der Waals surface area (Å²) in [4.78, 5) is 11.0. The van der Waals surface area contributed by atoms with E-state index in [-0.39, 0.29) is 11.3 Å². The van der Waals surface area contributed by atoms with Crippen molar-refractivity contribution >= 4 is 11.7 Å². The molecule has 0 spiro atoms. The Morgan fingerprint density at radius 3 is 2.76 bits per heavy atom. The fraction of sp³-hybridized carbons (Fsp3) is 0.462. The molecule has 1 rings (SSSR count). The summed E-state index contributed by atoms with van der Waals surface area (Å²) in [6.45, 7) is 5.16. The van der Waals surface area contributed by atoms with E-state index in [1.807, 2.05) is 0 Å². The minimum Gasteiger partial charge on any atom is -0.478 e. The Bertz CT molecular complexity index is 388. The molecule has 0 aliphatic rings. The Morgan fingerprint density at radius 1 is 1.47 bits per heavy atom. The summed E-state index contributed by atoms with van der Waals surface area (Å²) >= 11 is 0. The van der Waals surface area contributed by atoms with Gasteiger partial charge in [-0.3, -0.25) is 0 Å². The van der Waals surface area contributed by atoms with E-state index in [0.29, 0.717) is 24.7 Å². The van der Waals surface area contributed by atoms with Gasteiger partial charge in [-0.1, -0.05) is 26.0 Å². The Balaban J connectivity index is 2.64. The van der Waals surface area contributed by atoms with Gasteiger partial charge >= 0.3 is 5.97 Å². The van der Waals surface area contributed by atoms with Crippen LogP contribution in [0.1, 0.15) is 36.2 Å². The molecule has 0 radical (unpaired) electrons. The lowest BCUT2D eigenvalue weighted by Crippen LogP contribution is -2.08. The van der Waals surface area contributed by atoms with Gasteiger partial charge in [-0.25, -0.2) is 4.79 Å². The molecule has 3 N–H and O–H groups in total. The number of rotatable bonds is 6. The van der Waals surface area contributed by atoms with Crippen molar-refractivity contribution in [2.24, 2.45) is 5.92 Å². The number of carboxylic acid groups (broad SMARTS) is 1. The first-order chi connectivity index (χ1) is 8.02. The predicted molar refractivity (Wildman–Crippen MR) is 66.9 cm³/mol. The molecule has 0 fully saturated rings. The monoisotopic (exact) mass is 237 g/mol. The summed E-state index contributed by atoms with van der Waals surface area (Å²) in [5.41, 5.74) is 6.69. The molecule has 4 heteroatoms. The fourth-order valence-electron chi connectivity index (χ4n) is 1.50. The summed E-state index contributed by atoms with van der Waals surface area (Å²) in [5.74, 6) is -0.430. The van der Waals surface area contributed by atoms with Crippen LogP contribution in [0.2, 0.25) is 0 Å². The highest BCUT2D eigenvalue weighted by Gasteiger charge is 2.13. The lowest BCUT2D eigenvalue weighted by Gasteiger charge is -2.10. The minimum absolute atomic E-state index is 0.150. The number of aromatic carboxylic acids is 1. The summed E-state index contributed by atoms with van der Waals surface area (Å²) in [6.07, 6.45) is 0.963. The minimum atomic E-state index is -1.01. The Labute approximate surface area is 101 Å². The molecule has 0 atom stereocenters. The van der Waals surface area contributed by atoms with Crippen molar-refractivity contribution in [3.63, 3.8) is 0 Å². The zero-order chi connectivity index (χ0) is 12.8. The number of anilines is 1. The molecule has 0 amide bonds. The third-order valence-corrected chi connectivity index (χ3v) is 2.49. The van der Waals surface area contributed by atoms with Crippen molar-refractivity contribution in [3.8, 4) is 0 Å².